The van der Waals surface area contributed by atoms with Crippen LogP contribution in [0.5, 0.6) is 0 Å². The van der Waals surface area contributed by atoms with Gasteiger partial charge in [-0.25, -0.2) is 0 Å². The van der Waals surface area contributed by atoms with Crippen molar-refractivity contribution in [3.63, 3.8) is 0 Å². The molecule has 0 aliphatic carbocycles. The molecule has 0 atom stereocenters. The molecular weight excluding hydrogens is 242 g/mol. The summed E-state index contributed by atoms with van der Waals surface area (Å²) in [7, 11) is 0. The predicted molar refractivity (Wildman–Crippen MR) is 78.1 cm³/mol. The van der Waals surface area contributed by atoms with Crippen LogP contribution < -0.4 is 0 Å². The molecule has 1 aliphatic heterocycles. The Hall–Kier alpha value is -0.510. The van der Waals surface area contributed by atoms with Crippen LogP contribution in [0.25, 0.3) is 0 Å². The van der Waals surface area contributed by atoms with E-state index >= 15 is 0 Å². The van der Waals surface area contributed by atoms with Gasteiger partial charge in [0.2, 0.25) is 0 Å². The highest BCUT2D eigenvalue weighted by molar-refractivity contribution is 7.98. The molecule has 0 unspecified atom stereocenters. The van der Waals surface area contributed by atoms with E-state index in [0.29, 0.717) is 6.04 Å². The van der Waals surface area contributed by atoms with Crippen LogP contribution in [-0.4, -0.2) is 35.4 Å². The van der Waals surface area contributed by atoms with Gasteiger partial charge in [-0.15, -0.1) is 11.8 Å². The lowest BCUT2D eigenvalue weighted by molar-refractivity contribution is -0.0324. The van der Waals surface area contributed by atoms with Crippen molar-refractivity contribution in [2.45, 2.75) is 43.2 Å². The van der Waals surface area contributed by atoms with Gasteiger partial charge in [0.15, 0.2) is 0 Å². The normalized spacial score (nSPS) is 20.3. The van der Waals surface area contributed by atoms with E-state index in [9.17, 15) is 5.11 Å². The van der Waals surface area contributed by atoms with E-state index in [1.807, 2.05) is 0 Å². The zero-order valence-electron chi connectivity index (χ0n) is 11.5. The van der Waals surface area contributed by atoms with Crippen molar-refractivity contribution >= 4 is 11.8 Å². The van der Waals surface area contributed by atoms with Crippen LogP contribution in [0.2, 0.25) is 0 Å². The van der Waals surface area contributed by atoms with E-state index < -0.39 is 5.60 Å². The maximum atomic E-state index is 10.8. The van der Waals surface area contributed by atoms with E-state index in [0.717, 1.165) is 31.5 Å². The van der Waals surface area contributed by atoms with Gasteiger partial charge < -0.3 is 10.0 Å². The Morgan fingerprint density at radius 3 is 2.17 bits per heavy atom. The van der Waals surface area contributed by atoms with Gasteiger partial charge in [-0.3, -0.25) is 0 Å². The molecule has 3 heteroatoms. The van der Waals surface area contributed by atoms with Crippen molar-refractivity contribution in [3.8, 4) is 0 Å². The third kappa shape index (κ3) is 2.90. The number of thioether (sulfide) groups is 1. The Morgan fingerprint density at radius 1 is 1.17 bits per heavy atom. The maximum Gasteiger partial charge on any atom is 0.0920 e. The van der Waals surface area contributed by atoms with Gasteiger partial charge in [-0.1, -0.05) is 12.1 Å². The SMILES string of the molecule is CSc1ccc(C2(O)CCN(C(C)C)CC2)cc1. The molecule has 0 amide bonds. The Kier molecular flexibility index (Phi) is 4.36. The van der Waals surface area contributed by atoms with Gasteiger partial charge >= 0.3 is 0 Å². The number of benzene rings is 1. The third-order valence-corrected chi connectivity index (χ3v) is 4.73. The van der Waals surface area contributed by atoms with E-state index in [1.54, 1.807) is 11.8 Å². The number of aliphatic hydroxyl groups is 1. The molecule has 2 rings (SSSR count). The van der Waals surface area contributed by atoms with Crippen molar-refractivity contribution in [1.82, 2.24) is 4.90 Å². The first-order chi connectivity index (χ1) is 8.55. The summed E-state index contributed by atoms with van der Waals surface area (Å²) in [5.74, 6) is 0. The zero-order chi connectivity index (χ0) is 13.2. The van der Waals surface area contributed by atoms with Crippen molar-refractivity contribution in [3.05, 3.63) is 29.8 Å². The molecule has 1 aliphatic rings. The third-order valence-electron chi connectivity index (χ3n) is 3.98. The second-order valence-corrected chi connectivity index (χ2v) is 6.27. The molecule has 0 radical (unpaired) electrons. The summed E-state index contributed by atoms with van der Waals surface area (Å²) in [5, 5.41) is 10.8. The zero-order valence-corrected chi connectivity index (χ0v) is 12.3. The minimum atomic E-state index is -0.623. The predicted octanol–water partition coefficient (Wildman–Crippen LogP) is 3.10. The summed E-state index contributed by atoms with van der Waals surface area (Å²) < 4.78 is 0. The molecular formula is C15H23NOS. The minimum absolute atomic E-state index is 0.577. The molecule has 0 bridgehead atoms. The van der Waals surface area contributed by atoms with Crippen LogP contribution in [-0.2, 0) is 5.60 Å². The molecule has 1 aromatic carbocycles. The van der Waals surface area contributed by atoms with Crippen LogP contribution in [0.1, 0.15) is 32.3 Å². The summed E-state index contributed by atoms with van der Waals surface area (Å²) in [5.41, 5.74) is 0.450. The molecule has 1 aromatic rings. The molecule has 100 valence electrons. The maximum absolute atomic E-state index is 10.8. The Balaban J connectivity index is 2.08. The van der Waals surface area contributed by atoms with Gasteiger partial charge in [0.1, 0.15) is 0 Å². The first kappa shape index (κ1) is 13.9. The first-order valence-electron chi connectivity index (χ1n) is 6.66. The van der Waals surface area contributed by atoms with E-state index in [2.05, 4.69) is 49.3 Å². The molecule has 0 saturated carbocycles. The smallest absolute Gasteiger partial charge is 0.0920 e. The lowest BCUT2D eigenvalue weighted by atomic mass is 9.84. The van der Waals surface area contributed by atoms with Crippen molar-refractivity contribution in [1.29, 1.82) is 0 Å². The highest BCUT2D eigenvalue weighted by Crippen LogP contribution is 2.34. The largest absolute Gasteiger partial charge is 0.385 e. The number of nitrogens with zero attached hydrogens (tertiary/aromatic N) is 1. The number of rotatable bonds is 3. The first-order valence-corrected chi connectivity index (χ1v) is 7.88. The fourth-order valence-electron chi connectivity index (χ4n) is 2.60. The summed E-state index contributed by atoms with van der Waals surface area (Å²) in [4.78, 5) is 3.69. The Morgan fingerprint density at radius 2 is 1.72 bits per heavy atom. The summed E-state index contributed by atoms with van der Waals surface area (Å²) >= 11 is 1.74. The van der Waals surface area contributed by atoms with Gasteiger partial charge in [0.05, 0.1) is 5.60 Å². The van der Waals surface area contributed by atoms with Gasteiger partial charge in [-0.2, -0.15) is 0 Å². The Bertz CT molecular complexity index is 380. The molecule has 18 heavy (non-hydrogen) atoms. The molecule has 0 aromatic heterocycles. The summed E-state index contributed by atoms with van der Waals surface area (Å²) in [6, 6.07) is 8.95. The van der Waals surface area contributed by atoms with Gasteiger partial charge in [-0.05, 0) is 50.6 Å². The van der Waals surface area contributed by atoms with Crippen LogP contribution in [0, 0.1) is 0 Å². The van der Waals surface area contributed by atoms with Crippen LogP contribution >= 0.6 is 11.8 Å². The second-order valence-electron chi connectivity index (χ2n) is 5.39. The molecule has 1 heterocycles. The van der Waals surface area contributed by atoms with E-state index in [1.165, 1.54) is 4.90 Å². The fourth-order valence-corrected chi connectivity index (χ4v) is 3.01. The number of likely N-dealkylation sites (tertiary alicyclic amines) is 1. The highest BCUT2D eigenvalue weighted by atomic mass is 32.2. The molecule has 2 nitrogen and oxygen atoms in total. The van der Waals surface area contributed by atoms with Crippen molar-refractivity contribution in [2.75, 3.05) is 19.3 Å². The topological polar surface area (TPSA) is 23.5 Å². The Labute approximate surface area is 114 Å². The van der Waals surface area contributed by atoms with E-state index in [4.69, 9.17) is 0 Å². The van der Waals surface area contributed by atoms with Gasteiger partial charge in [0, 0.05) is 24.0 Å². The average Bonchev–Trinajstić information content (AvgIpc) is 2.39. The minimum Gasteiger partial charge on any atom is -0.385 e. The molecule has 1 fully saturated rings. The molecule has 0 spiro atoms. The van der Waals surface area contributed by atoms with Gasteiger partial charge in [0.25, 0.3) is 0 Å². The monoisotopic (exact) mass is 265 g/mol. The standard InChI is InChI=1S/C15H23NOS/c1-12(2)16-10-8-15(17,9-11-16)13-4-6-14(18-3)7-5-13/h4-7,12,17H,8-11H2,1-3H3. The second kappa shape index (κ2) is 5.64. The fraction of sp³-hybridized carbons (Fsp3) is 0.600. The quantitative estimate of drug-likeness (QED) is 0.850. The highest BCUT2D eigenvalue weighted by Gasteiger charge is 2.34. The van der Waals surface area contributed by atoms with Crippen molar-refractivity contribution in [2.24, 2.45) is 0 Å². The lowest BCUT2D eigenvalue weighted by Gasteiger charge is -2.40. The van der Waals surface area contributed by atoms with E-state index in [-0.39, 0.29) is 0 Å². The number of hydrogen-bond acceptors (Lipinski definition) is 3. The molecule has 1 N–H and O–H groups in total. The van der Waals surface area contributed by atoms with Crippen LogP contribution in [0.3, 0.4) is 0 Å². The average molecular weight is 265 g/mol. The summed E-state index contributed by atoms with van der Waals surface area (Å²) in [6.45, 7) is 6.41. The van der Waals surface area contributed by atoms with Crippen LogP contribution in [0.4, 0.5) is 0 Å². The summed E-state index contributed by atoms with van der Waals surface area (Å²) in [6.07, 6.45) is 3.75. The lowest BCUT2D eigenvalue weighted by Crippen LogP contribution is -2.45. The number of piperidine rings is 1. The molecule has 1 saturated heterocycles. The number of hydrogen-bond donors (Lipinski definition) is 1. The van der Waals surface area contributed by atoms with Crippen molar-refractivity contribution < 1.29 is 5.11 Å². The van der Waals surface area contributed by atoms with Crippen LogP contribution in [0.15, 0.2) is 29.2 Å².